The molecule has 348 valence electrons. The van der Waals surface area contributed by atoms with E-state index in [2.05, 4.69) is 243 Å². The fourth-order valence-corrected chi connectivity index (χ4v) is 14.0. The summed E-state index contributed by atoms with van der Waals surface area (Å²) in [6.45, 7) is 26.7. The van der Waals surface area contributed by atoms with Crippen LogP contribution in [0.3, 0.4) is 0 Å². The van der Waals surface area contributed by atoms with E-state index < -0.39 is 0 Å². The lowest BCUT2D eigenvalue weighted by molar-refractivity contribution is 0.215. The van der Waals surface area contributed by atoms with Crippen LogP contribution in [0.25, 0.3) is 0 Å². The van der Waals surface area contributed by atoms with Crippen LogP contribution in [0.4, 0.5) is 45.5 Å². The SMILES string of the molecule is CC(C)(C)c1cccc(N2c3cc(C(C)(C)C)ccc3B3c4cc5c(cc4N(c4ccccc4)c4cc(N6c7ccccc7C7(c8ccccc8)CCCCC67C)cc2c43)C(C)(C)CCC5(C)C)c1. The number of hydrogen-bond acceptors (Lipinski definition) is 3. The number of nitrogens with zero attached hydrogens (tertiary/aromatic N) is 3. The zero-order valence-electron chi connectivity index (χ0n) is 43.1. The zero-order chi connectivity index (χ0) is 48.0. The van der Waals surface area contributed by atoms with Gasteiger partial charge in [0, 0.05) is 50.9 Å². The van der Waals surface area contributed by atoms with Crippen molar-refractivity contribution in [2.75, 3.05) is 14.7 Å². The molecule has 0 amide bonds. The van der Waals surface area contributed by atoms with Gasteiger partial charge in [0.1, 0.15) is 0 Å². The van der Waals surface area contributed by atoms with Crippen molar-refractivity contribution in [3.8, 4) is 0 Å². The van der Waals surface area contributed by atoms with Crippen LogP contribution in [0.1, 0.15) is 148 Å². The molecule has 69 heavy (non-hydrogen) atoms. The number of rotatable bonds is 4. The van der Waals surface area contributed by atoms with Gasteiger partial charge in [0.2, 0.25) is 0 Å². The molecule has 7 aromatic carbocycles. The predicted octanol–water partition coefficient (Wildman–Crippen LogP) is 15.5. The fourth-order valence-electron chi connectivity index (χ4n) is 14.0. The summed E-state index contributed by atoms with van der Waals surface area (Å²) in [6.07, 6.45) is 6.98. The highest BCUT2D eigenvalue weighted by atomic mass is 15.3. The molecular formula is C65H70BN3. The molecule has 1 fully saturated rings. The minimum Gasteiger partial charge on any atom is -0.334 e. The van der Waals surface area contributed by atoms with E-state index in [4.69, 9.17) is 0 Å². The van der Waals surface area contributed by atoms with E-state index in [1.165, 1.54) is 121 Å². The van der Waals surface area contributed by atoms with Gasteiger partial charge < -0.3 is 14.7 Å². The Morgan fingerprint density at radius 1 is 0.420 bits per heavy atom. The minimum atomic E-state index is -0.224. The summed E-state index contributed by atoms with van der Waals surface area (Å²) in [6, 6.07) is 59.8. The van der Waals surface area contributed by atoms with Gasteiger partial charge in [-0.15, -0.1) is 0 Å². The Labute approximate surface area is 413 Å². The Morgan fingerprint density at radius 3 is 1.67 bits per heavy atom. The van der Waals surface area contributed by atoms with E-state index in [1.807, 2.05) is 0 Å². The third-order valence-electron chi connectivity index (χ3n) is 17.9. The monoisotopic (exact) mass is 904 g/mol. The molecule has 12 rings (SSSR count). The van der Waals surface area contributed by atoms with Gasteiger partial charge in [-0.05, 0) is 159 Å². The molecule has 0 spiro atoms. The van der Waals surface area contributed by atoms with Crippen molar-refractivity contribution >= 4 is 68.6 Å². The number of benzene rings is 7. The lowest BCUT2D eigenvalue weighted by Gasteiger charge is -2.53. The highest BCUT2D eigenvalue weighted by molar-refractivity contribution is 7.00. The first-order chi connectivity index (χ1) is 32.8. The average molecular weight is 904 g/mol. The van der Waals surface area contributed by atoms with Gasteiger partial charge in [-0.3, -0.25) is 0 Å². The summed E-state index contributed by atoms with van der Waals surface area (Å²) in [5.41, 5.74) is 22.5. The standard InChI is InChI=1S/C65H70BN3/c1-60(2,3)44-25-22-28-47(37-44)68-55-38-45(61(4,5)6)31-32-52(55)66-53-41-50-51(63(9,10)36-35-62(50,7)8)42-56(53)67(46-26-16-13-17-27-46)57-39-48(40-58(68)59(57)66)69-54-30-19-18-29-49(54)65(43-23-14-12-15-24-43)34-21-20-33-64(65,69)11/h12-19,22-32,37-42H,20-21,33-36H2,1-11H3. The summed E-state index contributed by atoms with van der Waals surface area (Å²) < 4.78 is 0. The Hall–Kier alpha value is -6.00. The molecule has 3 aliphatic heterocycles. The number of anilines is 8. The maximum Gasteiger partial charge on any atom is 0.252 e. The van der Waals surface area contributed by atoms with Crippen molar-refractivity contribution in [3.05, 3.63) is 185 Å². The van der Waals surface area contributed by atoms with Crippen LogP contribution >= 0.6 is 0 Å². The smallest absolute Gasteiger partial charge is 0.252 e. The summed E-state index contributed by atoms with van der Waals surface area (Å²) in [5, 5.41) is 0. The molecule has 2 atom stereocenters. The summed E-state index contributed by atoms with van der Waals surface area (Å²) >= 11 is 0. The van der Waals surface area contributed by atoms with Gasteiger partial charge in [0.15, 0.2) is 0 Å². The number of hydrogen-bond donors (Lipinski definition) is 0. The van der Waals surface area contributed by atoms with Crippen LogP contribution in [0.15, 0.2) is 152 Å². The van der Waals surface area contributed by atoms with Crippen molar-refractivity contribution in [2.24, 2.45) is 0 Å². The lowest BCUT2D eigenvalue weighted by atomic mass is 9.33. The van der Waals surface area contributed by atoms with Crippen LogP contribution in [0.2, 0.25) is 0 Å². The Kier molecular flexibility index (Phi) is 9.62. The highest BCUT2D eigenvalue weighted by Gasteiger charge is 2.61. The van der Waals surface area contributed by atoms with E-state index in [9.17, 15) is 0 Å². The zero-order valence-corrected chi connectivity index (χ0v) is 43.1. The topological polar surface area (TPSA) is 9.72 Å². The van der Waals surface area contributed by atoms with E-state index in [0.29, 0.717) is 0 Å². The van der Waals surface area contributed by atoms with E-state index in [-0.39, 0.29) is 39.3 Å². The molecule has 0 radical (unpaired) electrons. The van der Waals surface area contributed by atoms with Crippen LogP contribution in [-0.2, 0) is 27.1 Å². The Morgan fingerprint density at radius 2 is 0.986 bits per heavy atom. The lowest BCUT2D eigenvalue weighted by Crippen LogP contribution is -2.62. The van der Waals surface area contributed by atoms with Gasteiger partial charge in [0.25, 0.3) is 6.71 Å². The van der Waals surface area contributed by atoms with Crippen molar-refractivity contribution in [1.82, 2.24) is 0 Å². The van der Waals surface area contributed by atoms with E-state index in [1.54, 1.807) is 0 Å². The molecule has 3 heterocycles. The molecule has 7 aromatic rings. The first-order valence-corrected chi connectivity index (χ1v) is 26.1. The minimum absolute atomic E-state index is 0.0238. The van der Waals surface area contributed by atoms with Crippen LogP contribution < -0.4 is 31.1 Å². The van der Waals surface area contributed by atoms with E-state index >= 15 is 0 Å². The maximum atomic E-state index is 2.82. The molecular weight excluding hydrogens is 834 g/mol. The van der Waals surface area contributed by atoms with Crippen molar-refractivity contribution < 1.29 is 0 Å². The summed E-state index contributed by atoms with van der Waals surface area (Å²) in [7, 11) is 0. The first kappa shape index (κ1) is 44.2. The quantitative estimate of drug-likeness (QED) is 0.163. The number of fused-ring (bicyclic) bond motifs is 8. The molecule has 1 saturated carbocycles. The molecule has 5 aliphatic rings. The van der Waals surface area contributed by atoms with Crippen LogP contribution in [0.5, 0.6) is 0 Å². The Bertz CT molecular complexity index is 3190. The van der Waals surface area contributed by atoms with Crippen LogP contribution in [0, 0.1) is 0 Å². The average Bonchev–Trinajstić information content (AvgIpc) is 3.57. The molecule has 2 unspecified atom stereocenters. The summed E-state index contributed by atoms with van der Waals surface area (Å²) in [4.78, 5) is 8.16. The summed E-state index contributed by atoms with van der Waals surface area (Å²) in [5.74, 6) is 0. The van der Waals surface area contributed by atoms with Gasteiger partial charge in [0.05, 0.1) is 5.54 Å². The molecule has 0 bridgehead atoms. The molecule has 4 heteroatoms. The third kappa shape index (κ3) is 6.38. The van der Waals surface area contributed by atoms with Gasteiger partial charge >= 0.3 is 0 Å². The predicted molar refractivity (Wildman–Crippen MR) is 296 cm³/mol. The largest absolute Gasteiger partial charge is 0.334 e. The van der Waals surface area contributed by atoms with Crippen molar-refractivity contribution in [1.29, 1.82) is 0 Å². The van der Waals surface area contributed by atoms with Crippen molar-refractivity contribution in [2.45, 2.75) is 147 Å². The second-order valence-electron chi connectivity index (χ2n) is 25.0. The van der Waals surface area contributed by atoms with Crippen LogP contribution in [-0.4, -0.2) is 12.3 Å². The number of para-hydroxylation sites is 2. The second kappa shape index (κ2) is 15.0. The normalized spacial score (nSPS) is 21.7. The second-order valence-corrected chi connectivity index (χ2v) is 25.0. The molecule has 0 aromatic heterocycles. The molecule has 3 nitrogen and oxygen atoms in total. The molecule has 0 saturated heterocycles. The Balaban J connectivity index is 1.23. The van der Waals surface area contributed by atoms with Crippen molar-refractivity contribution in [3.63, 3.8) is 0 Å². The first-order valence-electron chi connectivity index (χ1n) is 26.1. The van der Waals surface area contributed by atoms with Gasteiger partial charge in [-0.2, -0.15) is 0 Å². The molecule has 2 aliphatic carbocycles. The fraction of sp³-hybridized carbons (Fsp3) is 0.354. The highest BCUT2D eigenvalue weighted by Crippen LogP contribution is 2.64. The van der Waals surface area contributed by atoms with E-state index in [0.717, 1.165) is 12.8 Å². The van der Waals surface area contributed by atoms with Gasteiger partial charge in [-0.1, -0.05) is 179 Å². The third-order valence-corrected chi connectivity index (χ3v) is 17.9. The maximum absolute atomic E-state index is 2.82. The molecule has 0 N–H and O–H groups in total. The van der Waals surface area contributed by atoms with Gasteiger partial charge in [-0.25, -0.2) is 0 Å².